The number of hydrogen-bond acceptors (Lipinski definition) is 4. The molecule has 0 aromatic heterocycles. The van der Waals surface area contributed by atoms with Gasteiger partial charge < -0.3 is 19.5 Å². The molecule has 0 fully saturated rings. The molecule has 0 spiro atoms. The number of phenols is 1. The molecule has 0 atom stereocenters. The summed E-state index contributed by atoms with van der Waals surface area (Å²) in [5.74, 6) is -11.8. The Balaban J connectivity index is 1.99. The molecule has 10 heteroatoms. The summed E-state index contributed by atoms with van der Waals surface area (Å²) in [5, 5.41) is 9.42. The zero-order valence-corrected chi connectivity index (χ0v) is 18.2. The number of aromatic hydroxyl groups is 1. The first kappa shape index (κ1) is 24.8. The highest BCUT2D eigenvalue weighted by Crippen LogP contribution is 2.29. The van der Waals surface area contributed by atoms with E-state index in [1.807, 2.05) is 0 Å². The van der Waals surface area contributed by atoms with Crippen molar-refractivity contribution < 1.29 is 41.3 Å². The van der Waals surface area contributed by atoms with Crippen molar-refractivity contribution in [1.82, 2.24) is 4.90 Å². The van der Waals surface area contributed by atoms with Gasteiger partial charge in [-0.25, -0.2) is 22.0 Å². The van der Waals surface area contributed by atoms with Gasteiger partial charge in [0.05, 0.1) is 14.2 Å². The van der Waals surface area contributed by atoms with Crippen molar-refractivity contribution in [2.75, 3.05) is 20.8 Å². The molecule has 1 N–H and O–H groups in total. The second-order valence-corrected chi connectivity index (χ2v) is 7.28. The third kappa shape index (κ3) is 5.05. The van der Waals surface area contributed by atoms with E-state index in [-0.39, 0.29) is 25.3 Å². The van der Waals surface area contributed by atoms with Crippen molar-refractivity contribution in [3.63, 3.8) is 0 Å². The largest absolute Gasteiger partial charge is 0.508 e. The molecule has 0 heterocycles. The van der Waals surface area contributed by atoms with E-state index in [2.05, 4.69) is 0 Å². The summed E-state index contributed by atoms with van der Waals surface area (Å²) in [5.41, 5.74) is -0.413. The third-order valence-corrected chi connectivity index (χ3v) is 5.14. The molecule has 3 aromatic carbocycles. The normalized spacial score (nSPS) is 10.8. The third-order valence-electron chi connectivity index (χ3n) is 5.14. The Kier molecular flexibility index (Phi) is 7.60. The van der Waals surface area contributed by atoms with Crippen molar-refractivity contribution in [2.24, 2.45) is 0 Å². The van der Waals surface area contributed by atoms with Crippen LogP contribution in [0.3, 0.4) is 0 Å². The second kappa shape index (κ2) is 10.4. The number of hydrogen-bond donors (Lipinski definition) is 1. The number of ether oxygens (including phenoxy) is 2. The number of benzene rings is 3. The summed E-state index contributed by atoms with van der Waals surface area (Å²) in [7, 11) is 2.82. The average Bonchev–Trinajstić information content (AvgIpc) is 2.84. The van der Waals surface area contributed by atoms with Gasteiger partial charge in [0, 0.05) is 13.1 Å². The van der Waals surface area contributed by atoms with Crippen LogP contribution >= 0.6 is 0 Å². The standard InChI is InChI=1S/C24H20F5NO4/c1-33-16-8-5-14(11-17(16)34-2)12-30(10-9-13-3-6-15(31)7-4-13)24(32)18-19(25)21(27)23(29)22(28)20(18)26/h3-8,11,31H,9-10,12H2,1-2H3. The van der Waals surface area contributed by atoms with E-state index in [0.717, 1.165) is 4.90 Å². The Bertz CT molecular complexity index is 1170. The van der Waals surface area contributed by atoms with Crippen molar-refractivity contribution >= 4 is 5.91 Å². The number of methoxy groups -OCH3 is 2. The summed E-state index contributed by atoms with van der Waals surface area (Å²) in [6.45, 7) is -0.353. The molecule has 0 saturated carbocycles. The lowest BCUT2D eigenvalue weighted by Crippen LogP contribution is -2.34. The minimum absolute atomic E-state index is 0.0171. The summed E-state index contributed by atoms with van der Waals surface area (Å²) in [4.78, 5) is 14.0. The molecule has 3 rings (SSSR count). The fourth-order valence-corrected chi connectivity index (χ4v) is 3.33. The predicted octanol–water partition coefficient (Wildman–Crippen LogP) is 4.99. The van der Waals surface area contributed by atoms with E-state index >= 15 is 0 Å². The van der Waals surface area contributed by atoms with Crippen LogP contribution in [0.4, 0.5) is 22.0 Å². The minimum Gasteiger partial charge on any atom is -0.508 e. The van der Waals surface area contributed by atoms with Crippen molar-refractivity contribution in [2.45, 2.75) is 13.0 Å². The van der Waals surface area contributed by atoms with Gasteiger partial charge in [0.15, 0.2) is 34.8 Å². The van der Waals surface area contributed by atoms with Gasteiger partial charge in [-0.15, -0.1) is 0 Å². The fourth-order valence-electron chi connectivity index (χ4n) is 3.33. The Labute approximate surface area is 192 Å². The molecule has 1 amide bonds. The Morgan fingerprint density at radius 2 is 1.32 bits per heavy atom. The first-order valence-electron chi connectivity index (χ1n) is 9.97. The van der Waals surface area contributed by atoms with Gasteiger partial charge in [-0.3, -0.25) is 4.79 Å². The van der Waals surface area contributed by atoms with Gasteiger partial charge in [-0.05, 0) is 41.8 Å². The van der Waals surface area contributed by atoms with Crippen molar-refractivity contribution in [3.8, 4) is 17.2 Å². The van der Waals surface area contributed by atoms with Crippen molar-refractivity contribution in [1.29, 1.82) is 0 Å². The molecule has 0 bridgehead atoms. The fraction of sp³-hybridized carbons (Fsp3) is 0.208. The Hall–Kier alpha value is -3.82. The maximum absolute atomic E-state index is 14.3. The number of halogens is 5. The molecule has 34 heavy (non-hydrogen) atoms. The number of amides is 1. The maximum Gasteiger partial charge on any atom is 0.260 e. The summed E-state index contributed by atoms with van der Waals surface area (Å²) in [6, 6.07) is 10.6. The topological polar surface area (TPSA) is 59.0 Å². The number of nitrogens with zero attached hydrogens (tertiary/aromatic N) is 1. The lowest BCUT2D eigenvalue weighted by molar-refractivity contribution is 0.0731. The number of phenolic OH excluding ortho intramolecular Hbond substituents is 1. The van der Waals surface area contributed by atoms with E-state index in [1.165, 1.54) is 32.4 Å². The van der Waals surface area contributed by atoms with Gasteiger partial charge in [0.2, 0.25) is 5.82 Å². The van der Waals surface area contributed by atoms with Crippen LogP contribution < -0.4 is 9.47 Å². The number of rotatable bonds is 8. The lowest BCUT2D eigenvalue weighted by atomic mass is 10.1. The Morgan fingerprint density at radius 1 is 0.794 bits per heavy atom. The molecule has 0 unspecified atom stereocenters. The van der Waals surface area contributed by atoms with Crippen LogP contribution in [0, 0.1) is 29.1 Å². The molecule has 5 nitrogen and oxygen atoms in total. The summed E-state index contributed by atoms with van der Waals surface area (Å²) < 4.78 is 80.0. The number of carbonyl (C=O) groups excluding carboxylic acids is 1. The van der Waals surface area contributed by atoms with Crippen LogP contribution in [0.1, 0.15) is 21.5 Å². The molecule has 0 aliphatic rings. The van der Waals surface area contributed by atoms with Crippen LogP contribution in [-0.2, 0) is 13.0 Å². The van der Waals surface area contributed by atoms with Gasteiger partial charge in [-0.1, -0.05) is 18.2 Å². The molecule has 180 valence electrons. The van der Waals surface area contributed by atoms with Crippen LogP contribution in [-0.4, -0.2) is 36.7 Å². The molecule has 0 saturated heterocycles. The van der Waals surface area contributed by atoms with E-state index in [4.69, 9.17) is 9.47 Å². The minimum atomic E-state index is -2.35. The Morgan fingerprint density at radius 3 is 1.88 bits per heavy atom. The molecule has 3 aromatic rings. The van der Waals surface area contributed by atoms with E-state index in [0.29, 0.717) is 22.6 Å². The van der Waals surface area contributed by atoms with E-state index < -0.39 is 40.6 Å². The van der Waals surface area contributed by atoms with Gasteiger partial charge >= 0.3 is 0 Å². The SMILES string of the molecule is COc1ccc(CN(CCc2ccc(O)cc2)C(=O)c2c(F)c(F)c(F)c(F)c2F)cc1OC. The molecular weight excluding hydrogens is 461 g/mol. The first-order chi connectivity index (χ1) is 16.2. The summed E-state index contributed by atoms with van der Waals surface area (Å²) in [6.07, 6.45) is 0.175. The first-order valence-corrected chi connectivity index (χ1v) is 9.97. The predicted molar refractivity (Wildman–Crippen MR) is 112 cm³/mol. The monoisotopic (exact) mass is 481 g/mol. The van der Waals surface area contributed by atoms with Gasteiger partial charge in [0.25, 0.3) is 5.91 Å². The van der Waals surface area contributed by atoms with Crippen LogP contribution in [0.5, 0.6) is 17.2 Å². The smallest absolute Gasteiger partial charge is 0.260 e. The molecular formula is C24H20F5NO4. The summed E-state index contributed by atoms with van der Waals surface area (Å²) >= 11 is 0. The lowest BCUT2D eigenvalue weighted by Gasteiger charge is -2.24. The van der Waals surface area contributed by atoms with Crippen LogP contribution in [0.15, 0.2) is 42.5 Å². The van der Waals surface area contributed by atoms with Crippen molar-refractivity contribution in [3.05, 3.63) is 88.2 Å². The molecule has 0 aliphatic carbocycles. The highest BCUT2D eigenvalue weighted by molar-refractivity contribution is 5.95. The molecule has 0 aliphatic heterocycles. The van der Waals surface area contributed by atoms with E-state index in [1.54, 1.807) is 24.3 Å². The highest BCUT2D eigenvalue weighted by Gasteiger charge is 2.32. The quantitative estimate of drug-likeness (QED) is 0.280. The zero-order valence-electron chi connectivity index (χ0n) is 18.2. The maximum atomic E-state index is 14.3. The second-order valence-electron chi connectivity index (χ2n) is 7.28. The number of carbonyl (C=O) groups is 1. The average molecular weight is 481 g/mol. The zero-order chi connectivity index (χ0) is 25.0. The van der Waals surface area contributed by atoms with Crippen LogP contribution in [0.25, 0.3) is 0 Å². The van der Waals surface area contributed by atoms with E-state index in [9.17, 15) is 31.9 Å². The van der Waals surface area contributed by atoms with Gasteiger partial charge in [0.1, 0.15) is 11.3 Å². The van der Waals surface area contributed by atoms with Crippen LogP contribution in [0.2, 0.25) is 0 Å². The highest BCUT2D eigenvalue weighted by atomic mass is 19.2. The molecule has 0 radical (unpaired) electrons. The van der Waals surface area contributed by atoms with Gasteiger partial charge in [-0.2, -0.15) is 0 Å².